The van der Waals surface area contributed by atoms with Crippen molar-refractivity contribution in [3.05, 3.63) is 141 Å². The summed E-state index contributed by atoms with van der Waals surface area (Å²) in [5.74, 6) is 0.0794. The molecule has 33 heteroatoms. The van der Waals surface area contributed by atoms with Gasteiger partial charge in [0.2, 0.25) is 47.3 Å². The highest BCUT2D eigenvalue weighted by molar-refractivity contribution is 6.02. The van der Waals surface area contributed by atoms with Gasteiger partial charge in [0.15, 0.2) is 6.23 Å². The minimum absolute atomic E-state index is 0.00774. The average Bonchev–Trinajstić information content (AvgIpc) is 0.716. The number of ether oxygens (including phenoxy) is 6. The summed E-state index contributed by atoms with van der Waals surface area (Å²) in [5.41, 5.74) is 19.8. The Kier molecular flexibility index (Phi) is 39.5. The van der Waals surface area contributed by atoms with Crippen LogP contribution in [-0.4, -0.2) is 231 Å². The first-order valence-corrected chi connectivity index (χ1v) is 48.9. The van der Waals surface area contributed by atoms with Crippen LogP contribution in [0.15, 0.2) is 96.3 Å². The van der Waals surface area contributed by atoms with E-state index in [1.807, 2.05) is 67.6 Å². The van der Waals surface area contributed by atoms with E-state index in [1.165, 1.54) is 16.7 Å². The lowest BCUT2D eigenvalue weighted by Gasteiger charge is -2.56. The Balaban J connectivity index is 0.657. The predicted molar refractivity (Wildman–Crippen MR) is 509 cm³/mol. The molecule has 2 saturated carbocycles. The summed E-state index contributed by atoms with van der Waals surface area (Å²) in [5, 5.41) is 74.7. The number of fused-ring (bicyclic) bond motifs is 8. The fourth-order valence-corrected chi connectivity index (χ4v) is 21.3. The van der Waals surface area contributed by atoms with Gasteiger partial charge in [-0.25, -0.2) is 4.79 Å². The molecule has 10 amide bonds. The number of nitrogens with one attached hydrogen (secondary N) is 8. The zero-order chi connectivity index (χ0) is 97.9. The number of imide groups is 1. The largest absolute Gasteiger partial charge is 0.399 e. The Bertz CT molecular complexity index is 4920. The molecule has 0 spiro atoms. The Morgan fingerprint density at radius 1 is 0.566 bits per heavy atom. The molecular formula is C103H145N11O22. The minimum atomic E-state index is -1.62. The molecule has 0 aromatic heterocycles. The fourth-order valence-electron chi connectivity index (χ4n) is 21.3. The summed E-state index contributed by atoms with van der Waals surface area (Å²) in [6.07, 6.45) is 4.17. The quantitative estimate of drug-likeness (QED) is 0.0118. The van der Waals surface area contributed by atoms with E-state index >= 15 is 4.79 Å². The van der Waals surface area contributed by atoms with Crippen molar-refractivity contribution in [1.82, 2.24) is 37.2 Å². The van der Waals surface area contributed by atoms with Crippen LogP contribution in [0.5, 0.6) is 0 Å². The molecule has 1 unspecified atom stereocenters. The number of Topliss-reactive ketones (excluding diaryl/α,β-unsaturated/α-hetero) is 2. The second kappa shape index (κ2) is 50.5. The molecule has 4 aromatic rings. The van der Waals surface area contributed by atoms with Gasteiger partial charge in [-0.05, 0) is 196 Å². The van der Waals surface area contributed by atoms with Crippen molar-refractivity contribution in [2.45, 2.75) is 288 Å². The Morgan fingerprint density at radius 3 is 1.85 bits per heavy atom. The number of ketones is 2. The highest BCUT2D eigenvalue weighted by atomic mass is 16.6. The minimum Gasteiger partial charge on any atom is -0.399 e. The topological polar surface area (TPSA) is 496 Å². The van der Waals surface area contributed by atoms with Crippen LogP contribution in [0.2, 0.25) is 0 Å². The van der Waals surface area contributed by atoms with Gasteiger partial charge >= 0.3 is 6.03 Å². The number of para-hydroxylation sites is 1. The maximum atomic E-state index is 15.0. The van der Waals surface area contributed by atoms with Crippen LogP contribution in [0.3, 0.4) is 0 Å². The molecule has 33 nitrogen and oxygen atoms in total. The third-order valence-electron chi connectivity index (χ3n) is 29.1. The molecule has 2 heterocycles. The van der Waals surface area contributed by atoms with Gasteiger partial charge in [0.25, 0.3) is 0 Å². The van der Waals surface area contributed by atoms with Gasteiger partial charge in [0.1, 0.15) is 60.7 Å². The van der Waals surface area contributed by atoms with Crippen LogP contribution in [0.25, 0.3) is 0 Å². The molecule has 744 valence electrons. The zero-order valence-electron chi connectivity index (χ0n) is 80.2. The van der Waals surface area contributed by atoms with Gasteiger partial charge in [0, 0.05) is 80.2 Å². The molecule has 17 N–H and O–H groups in total. The van der Waals surface area contributed by atoms with E-state index in [9.17, 15) is 73.5 Å². The van der Waals surface area contributed by atoms with Crippen molar-refractivity contribution in [2.75, 3.05) is 96.0 Å². The maximum Gasteiger partial charge on any atom is 0.312 e. The average molecular weight is 1890 g/mol. The number of allylic oxidation sites excluding steroid dienone is 1. The van der Waals surface area contributed by atoms with Crippen molar-refractivity contribution in [3.63, 3.8) is 0 Å². The SMILES string of the molecule is Cc1ccc2c(c1)[C@@]1(C)CCC[C@](C)(C(=O)NC(=O)[C@@]3(C)CCC[C@]4(C)c5cc(NC(=O)[C@H](CO)NC(=O)[C@H](CCCNC(N)=O)NC(=O)[C@@H](NC(=O)[C@@H](CCCCNC(=O)COC6CCCCCC(N[C@@H]7O[C@H](CO)[C@H](O)[C@H](O)[C@H]7O)=C6N)CC(=O)CCOCCOCCOCCOCCCC(=O)CCC(=O)N6Cc7ccccc7C#Cc7ccccc76)C(C)C)ccc5CC[C@@H]34)[C@@H]1CC2. The van der Waals surface area contributed by atoms with Gasteiger partial charge in [-0.3, -0.25) is 53.3 Å². The number of carbonyl (C=O) groups is 11. The van der Waals surface area contributed by atoms with Crippen molar-refractivity contribution >= 4 is 76.2 Å². The molecule has 136 heavy (non-hydrogen) atoms. The predicted octanol–water partition coefficient (Wildman–Crippen LogP) is 7.15. The number of hydrogen-bond acceptors (Lipinski definition) is 24. The lowest BCUT2D eigenvalue weighted by atomic mass is 9.49. The molecule has 16 atom stereocenters. The van der Waals surface area contributed by atoms with Gasteiger partial charge in [-0.1, -0.05) is 146 Å². The number of urea groups is 1. The van der Waals surface area contributed by atoms with E-state index in [1.54, 1.807) is 24.8 Å². The molecule has 4 aromatic carbocycles. The maximum absolute atomic E-state index is 15.0. The highest BCUT2D eigenvalue weighted by Gasteiger charge is 2.59. The Hall–Kier alpha value is -10.1. The van der Waals surface area contributed by atoms with Crippen LogP contribution >= 0.6 is 0 Å². The third kappa shape index (κ3) is 27.7. The molecule has 1 saturated heterocycles. The number of amides is 10. The van der Waals surface area contributed by atoms with Crippen molar-refractivity contribution in [3.8, 4) is 11.8 Å². The first-order valence-electron chi connectivity index (χ1n) is 48.9. The number of carbonyl (C=O) groups excluding carboxylic acids is 11. The number of primary amides is 1. The lowest BCUT2D eigenvalue weighted by Crippen LogP contribution is -2.62. The monoisotopic (exact) mass is 1890 g/mol. The van der Waals surface area contributed by atoms with Crippen LogP contribution in [0, 0.1) is 53.3 Å². The Morgan fingerprint density at radius 2 is 1.18 bits per heavy atom. The van der Waals surface area contributed by atoms with Gasteiger partial charge in [-0.2, -0.15) is 0 Å². The fraction of sp³-hybridized carbons (Fsp3) is 0.621. The summed E-state index contributed by atoms with van der Waals surface area (Å²) in [7, 11) is 0. The molecule has 0 radical (unpaired) electrons. The normalized spacial score (nSPS) is 24.8. The van der Waals surface area contributed by atoms with E-state index in [0.29, 0.717) is 102 Å². The zero-order valence-corrected chi connectivity index (χ0v) is 80.2. The van der Waals surface area contributed by atoms with Crippen LogP contribution in [-0.2, 0) is 107 Å². The van der Waals surface area contributed by atoms with Gasteiger partial charge < -0.3 is 108 Å². The molecular weight excluding hydrogens is 1740 g/mol. The van der Waals surface area contributed by atoms with Crippen molar-refractivity contribution in [2.24, 2.45) is 46.0 Å². The second-order valence-corrected chi connectivity index (χ2v) is 39.1. The first-order chi connectivity index (χ1) is 65.2. The van der Waals surface area contributed by atoms with E-state index in [-0.39, 0.29) is 156 Å². The molecule has 5 aliphatic carbocycles. The van der Waals surface area contributed by atoms with E-state index in [2.05, 4.69) is 100 Å². The van der Waals surface area contributed by atoms with Crippen LogP contribution in [0.4, 0.5) is 16.2 Å². The molecule has 0 bridgehead atoms. The molecule has 2 aliphatic heterocycles. The number of aliphatic hydroxyl groups excluding tert-OH is 5. The van der Waals surface area contributed by atoms with Crippen LogP contribution in [0.1, 0.15) is 240 Å². The van der Waals surface area contributed by atoms with Crippen LogP contribution < -0.4 is 58.9 Å². The number of anilines is 2. The van der Waals surface area contributed by atoms with Crippen molar-refractivity contribution < 1.29 is 107 Å². The number of aliphatic hydroxyl groups is 5. The molecule has 7 aliphatic rings. The number of rotatable bonds is 48. The number of unbranched alkanes of at least 4 members (excludes halogenated alkanes) is 1. The third-order valence-corrected chi connectivity index (χ3v) is 29.1. The highest BCUT2D eigenvalue weighted by Crippen LogP contribution is 2.60. The number of nitrogens with two attached hydrogens (primary N) is 2. The molecule has 11 rings (SSSR count). The standard InChI is InChI=1S/C103H145N11O22/c1-64(2)88(95(127)109-78(27-17-48-107-99(105)130)93(125)110-79(61-115)94(126)108-72-37-34-68-36-40-84-101(5,76(68)59-72)44-20-46-103(84,7)98(129)113-97(128)102(6)45-19-43-100(4)75-57-65(3)30-31-67(75)35-39-83(100)102)112-92(124)70(23-15-16-47-106-85(119)63-135-81-29-10-8-9-26-77(87(81)104)111-96-91(123)90(122)89(121)82(62-116)136-96)58-74(118)42-50-132-52-54-134-56-55-133-53-51-131-49-18-25-73(117)38-41-86(120)114-60-71-24-12-11-21-66(71)32-33-69-22-13-14-28-80(69)114/h11-14,21-22,24,28,30-31,34,37,57,59,64,70,78-79,81-84,88-91,96,111,115-116,121-123H,8-10,15-20,23,25-27,29,35-36,38-56,58,60-63,104H2,1-7H3,(H,106,119)(H,108,126)(H,109,127)(H,110,125)(H,112,124)(H3,105,107,130)(H,113,128,129)/t70-,78-,79-,81?,82+,83+,84+,88-,89-,90-,91+,96+,100+,101+,102-,103-/m0/s1. The van der Waals surface area contributed by atoms with Crippen molar-refractivity contribution in [1.29, 1.82) is 0 Å². The summed E-state index contributed by atoms with van der Waals surface area (Å²) in [4.78, 5) is 156. The lowest BCUT2D eigenvalue weighted by molar-refractivity contribution is -0.234. The Labute approximate surface area is 798 Å². The summed E-state index contributed by atoms with van der Waals surface area (Å²) in [6, 6.07) is 22.4. The second-order valence-electron chi connectivity index (χ2n) is 39.1. The summed E-state index contributed by atoms with van der Waals surface area (Å²) in [6.45, 7) is 14.3. The number of nitrogens with zero attached hydrogens (tertiary/aromatic N) is 1. The number of hydrogen-bond donors (Lipinski definition) is 15. The van der Waals surface area contributed by atoms with E-state index in [4.69, 9.17) is 39.9 Å². The summed E-state index contributed by atoms with van der Waals surface area (Å²) < 4.78 is 34.6. The smallest absolute Gasteiger partial charge is 0.312 e. The molecule has 3 fully saturated rings. The van der Waals surface area contributed by atoms with E-state index in [0.717, 1.165) is 78.5 Å². The number of aryl methyl sites for hydroxylation is 3. The van der Waals surface area contributed by atoms with Gasteiger partial charge in [0.05, 0.1) is 94.3 Å². The van der Waals surface area contributed by atoms with Gasteiger partial charge in [-0.15, -0.1) is 0 Å². The summed E-state index contributed by atoms with van der Waals surface area (Å²) >= 11 is 0. The number of benzene rings is 4. The first kappa shape index (κ1) is 106. The van der Waals surface area contributed by atoms with E-state index < -0.39 is 138 Å².